The second-order valence-corrected chi connectivity index (χ2v) is 4.67. The van der Waals surface area contributed by atoms with Crippen LogP contribution in [-0.2, 0) is 9.53 Å². The van der Waals surface area contributed by atoms with Gasteiger partial charge in [-0.15, -0.1) is 0 Å². The Bertz CT molecular complexity index is 445. The largest absolute Gasteiger partial charge is 0.511 e. The number of halogens is 3. The molecule has 0 saturated heterocycles. The number of nitrogens with zero attached hydrogens (tertiary/aromatic N) is 1. The number of esters is 1. The topological polar surface area (TPSA) is 48.4 Å². The smallest absolute Gasteiger partial charge is 0.476 e. The van der Waals surface area contributed by atoms with Gasteiger partial charge in [0.25, 0.3) is 0 Å². The van der Waals surface area contributed by atoms with E-state index in [0.29, 0.717) is 6.20 Å². The van der Waals surface area contributed by atoms with Crippen LogP contribution in [-0.4, -0.2) is 31.6 Å². The molecular formula is C11H14BF3NO3-. The van der Waals surface area contributed by atoms with Crippen molar-refractivity contribution in [1.82, 2.24) is 4.98 Å². The molecule has 0 aliphatic heterocycles. The maximum atomic E-state index is 12.4. The number of methoxy groups -OCH3 is 1. The molecule has 1 heterocycles. The molecule has 1 aromatic heterocycles. The number of pyridine rings is 1. The SMILES string of the molecule is COC(=O)C(C)(C)COc1ccc([B-](F)(F)F)cn1. The van der Waals surface area contributed by atoms with Crippen molar-refractivity contribution in [3.63, 3.8) is 0 Å². The highest BCUT2D eigenvalue weighted by Crippen LogP contribution is 2.19. The molecule has 0 saturated carbocycles. The summed E-state index contributed by atoms with van der Waals surface area (Å²) in [4.78, 5) is 14.9. The van der Waals surface area contributed by atoms with Crippen molar-refractivity contribution in [2.24, 2.45) is 5.41 Å². The Balaban J connectivity index is 2.67. The van der Waals surface area contributed by atoms with Gasteiger partial charge in [0, 0.05) is 6.20 Å². The molecule has 0 fully saturated rings. The minimum Gasteiger partial charge on any atom is -0.476 e. The number of rotatable bonds is 5. The standard InChI is InChI=1S/C11H14BF3NO3/c1-11(2,10(17)18-3)7-19-9-5-4-8(6-16-9)12(13,14)15/h4-6H,7H2,1-3H3/q-1. The molecule has 8 heteroatoms. The van der Waals surface area contributed by atoms with Gasteiger partial charge in [-0.25, -0.2) is 4.98 Å². The third kappa shape index (κ3) is 4.15. The fourth-order valence-corrected chi connectivity index (χ4v) is 1.26. The average molecular weight is 276 g/mol. The van der Waals surface area contributed by atoms with Gasteiger partial charge in [0.1, 0.15) is 6.61 Å². The van der Waals surface area contributed by atoms with E-state index in [1.165, 1.54) is 7.11 Å². The Morgan fingerprint density at radius 2 is 2.00 bits per heavy atom. The second-order valence-electron chi connectivity index (χ2n) is 4.67. The number of carbonyl (C=O) groups excluding carboxylic acids is 1. The van der Waals surface area contributed by atoms with E-state index in [1.54, 1.807) is 13.8 Å². The van der Waals surface area contributed by atoms with E-state index in [9.17, 15) is 17.7 Å². The number of aromatic nitrogens is 1. The summed E-state index contributed by atoms with van der Waals surface area (Å²) in [6.45, 7) is -1.89. The van der Waals surface area contributed by atoms with Crippen molar-refractivity contribution >= 4 is 18.4 Å². The van der Waals surface area contributed by atoms with E-state index in [4.69, 9.17) is 4.74 Å². The Morgan fingerprint density at radius 3 is 2.42 bits per heavy atom. The predicted molar refractivity (Wildman–Crippen MR) is 64.2 cm³/mol. The van der Waals surface area contributed by atoms with E-state index in [1.807, 2.05) is 0 Å². The van der Waals surface area contributed by atoms with Gasteiger partial charge in [-0.05, 0) is 19.9 Å². The van der Waals surface area contributed by atoms with E-state index in [2.05, 4.69) is 9.72 Å². The lowest BCUT2D eigenvalue weighted by Gasteiger charge is -2.21. The van der Waals surface area contributed by atoms with E-state index >= 15 is 0 Å². The second kappa shape index (κ2) is 5.50. The van der Waals surface area contributed by atoms with Crippen LogP contribution in [0.15, 0.2) is 18.3 Å². The van der Waals surface area contributed by atoms with Crippen LogP contribution in [0.5, 0.6) is 5.88 Å². The van der Waals surface area contributed by atoms with Crippen LogP contribution in [0.3, 0.4) is 0 Å². The zero-order valence-corrected chi connectivity index (χ0v) is 10.8. The molecule has 0 radical (unpaired) electrons. The molecular weight excluding hydrogens is 262 g/mol. The highest BCUT2D eigenvalue weighted by atomic mass is 19.4. The van der Waals surface area contributed by atoms with E-state index in [0.717, 1.165) is 12.1 Å². The van der Waals surface area contributed by atoms with Gasteiger partial charge in [0.2, 0.25) is 5.88 Å². The number of carbonyl (C=O) groups is 1. The molecule has 0 amide bonds. The van der Waals surface area contributed by atoms with Gasteiger partial charge in [0.15, 0.2) is 0 Å². The fourth-order valence-electron chi connectivity index (χ4n) is 1.26. The Morgan fingerprint density at radius 1 is 1.37 bits per heavy atom. The lowest BCUT2D eigenvalue weighted by molar-refractivity contribution is -0.152. The van der Waals surface area contributed by atoms with Crippen molar-refractivity contribution in [1.29, 1.82) is 0 Å². The predicted octanol–water partition coefficient (Wildman–Crippen LogP) is 1.71. The van der Waals surface area contributed by atoms with Crippen LogP contribution in [0.1, 0.15) is 13.8 Å². The summed E-state index contributed by atoms with van der Waals surface area (Å²) in [6.07, 6.45) is 0.709. The number of hydrogen-bond acceptors (Lipinski definition) is 4. The molecule has 0 bridgehead atoms. The quantitative estimate of drug-likeness (QED) is 0.607. The Kier molecular flexibility index (Phi) is 4.44. The van der Waals surface area contributed by atoms with Crippen molar-refractivity contribution in [2.45, 2.75) is 13.8 Å². The Hall–Kier alpha value is -1.73. The van der Waals surface area contributed by atoms with E-state index < -0.39 is 23.8 Å². The first-order chi connectivity index (χ1) is 8.66. The van der Waals surface area contributed by atoms with Crippen LogP contribution in [0, 0.1) is 5.41 Å². The lowest BCUT2D eigenvalue weighted by Crippen LogP contribution is -2.34. The van der Waals surface area contributed by atoms with Crippen LogP contribution in [0.4, 0.5) is 12.9 Å². The van der Waals surface area contributed by atoms with Crippen molar-refractivity contribution in [3.8, 4) is 5.88 Å². The van der Waals surface area contributed by atoms with Gasteiger partial charge < -0.3 is 22.4 Å². The molecule has 19 heavy (non-hydrogen) atoms. The lowest BCUT2D eigenvalue weighted by atomic mass is 9.82. The molecule has 0 aliphatic carbocycles. The molecule has 0 aliphatic rings. The zero-order valence-electron chi connectivity index (χ0n) is 10.8. The first kappa shape index (κ1) is 15.3. The Labute approximate surface area is 109 Å². The molecule has 106 valence electrons. The van der Waals surface area contributed by atoms with Gasteiger partial charge >= 0.3 is 12.9 Å². The molecule has 0 spiro atoms. The van der Waals surface area contributed by atoms with Crippen LogP contribution in [0.2, 0.25) is 0 Å². The molecule has 1 rings (SSSR count). The maximum Gasteiger partial charge on any atom is 0.511 e. The molecule has 0 N–H and O–H groups in total. The average Bonchev–Trinajstić information content (AvgIpc) is 2.35. The molecule has 4 nitrogen and oxygen atoms in total. The summed E-state index contributed by atoms with van der Waals surface area (Å²) in [5, 5.41) is 0. The number of ether oxygens (including phenoxy) is 2. The summed E-state index contributed by atoms with van der Waals surface area (Å²) >= 11 is 0. The summed E-state index contributed by atoms with van der Waals surface area (Å²) in [5.41, 5.74) is -1.69. The molecule has 0 aromatic carbocycles. The monoisotopic (exact) mass is 276 g/mol. The molecule has 0 atom stereocenters. The molecule has 0 unspecified atom stereocenters. The minimum absolute atomic E-state index is 0.0285. The summed E-state index contributed by atoms with van der Waals surface area (Å²) in [5.74, 6) is -0.441. The zero-order chi connectivity index (χ0) is 14.7. The van der Waals surface area contributed by atoms with Crippen molar-refractivity contribution in [3.05, 3.63) is 18.3 Å². The van der Waals surface area contributed by atoms with Gasteiger partial charge in [-0.1, -0.05) is 11.5 Å². The first-order valence-corrected chi connectivity index (χ1v) is 5.54. The van der Waals surface area contributed by atoms with Crippen LogP contribution in [0.25, 0.3) is 0 Å². The van der Waals surface area contributed by atoms with Gasteiger partial charge in [0.05, 0.1) is 12.5 Å². The van der Waals surface area contributed by atoms with Crippen molar-refractivity contribution < 1.29 is 27.2 Å². The molecule has 1 aromatic rings. The fraction of sp³-hybridized carbons (Fsp3) is 0.455. The highest BCUT2D eigenvalue weighted by Gasteiger charge is 2.30. The minimum atomic E-state index is -5.06. The number of hydrogen-bond donors (Lipinski definition) is 0. The third-order valence-corrected chi connectivity index (χ3v) is 2.46. The maximum absolute atomic E-state index is 12.4. The summed E-state index contributed by atoms with van der Waals surface area (Å²) in [6, 6.07) is 2.02. The van der Waals surface area contributed by atoms with Crippen LogP contribution < -0.4 is 10.2 Å². The third-order valence-electron chi connectivity index (χ3n) is 2.46. The summed E-state index contributed by atoms with van der Waals surface area (Å²) in [7, 11) is 1.25. The normalized spacial score (nSPS) is 12.1. The van der Waals surface area contributed by atoms with Crippen LogP contribution >= 0.6 is 0 Å². The van der Waals surface area contributed by atoms with E-state index in [-0.39, 0.29) is 12.5 Å². The van der Waals surface area contributed by atoms with Gasteiger partial charge in [-0.3, -0.25) is 4.79 Å². The van der Waals surface area contributed by atoms with Gasteiger partial charge in [-0.2, -0.15) is 0 Å². The first-order valence-electron chi connectivity index (χ1n) is 5.54. The highest BCUT2D eigenvalue weighted by molar-refractivity contribution is 6.73. The van der Waals surface area contributed by atoms with Crippen molar-refractivity contribution in [2.75, 3.05) is 13.7 Å². The summed E-state index contributed by atoms with van der Waals surface area (Å²) < 4.78 is 46.9.